The standard InChI is InChI=1S/C23H21FN6O2.C2H6.H2/c24-18-14-26-22(30-12-9-27-28-30)20-19(18)17(13-25-20)21(31)23(32)29-10-4-7-16(8-11-29)15-5-2-1-3-6-15;1-2;/h1-3,5-6,9,12-14,16,25H,4,7-8,10-11H2;1-2H3;1H. The van der Waals surface area contributed by atoms with Crippen LogP contribution in [0.5, 0.6) is 0 Å². The second-order valence-corrected chi connectivity index (χ2v) is 7.89. The molecule has 178 valence electrons. The average molecular weight is 465 g/mol. The van der Waals surface area contributed by atoms with Gasteiger partial charge in [0.2, 0.25) is 0 Å². The van der Waals surface area contributed by atoms with Crippen molar-refractivity contribution in [3.63, 3.8) is 0 Å². The molecule has 9 heteroatoms. The van der Waals surface area contributed by atoms with Gasteiger partial charge in [0.05, 0.1) is 35.1 Å². The normalized spacial score (nSPS) is 16.0. The molecular weight excluding hydrogens is 435 g/mol. The highest BCUT2D eigenvalue weighted by Crippen LogP contribution is 2.29. The maximum Gasteiger partial charge on any atom is 0.295 e. The van der Waals surface area contributed by atoms with Gasteiger partial charge in [-0.3, -0.25) is 9.59 Å². The molecule has 1 amide bonds. The molecule has 1 aromatic carbocycles. The van der Waals surface area contributed by atoms with Crippen molar-refractivity contribution in [2.24, 2.45) is 0 Å². The van der Waals surface area contributed by atoms with Crippen LogP contribution in [0.4, 0.5) is 4.39 Å². The number of ketones is 1. The lowest BCUT2D eigenvalue weighted by atomic mass is 9.92. The Bertz CT molecular complexity index is 1280. The molecule has 1 N–H and O–H groups in total. The van der Waals surface area contributed by atoms with Gasteiger partial charge >= 0.3 is 0 Å². The van der Waals surface area contributed by atoms with Gasteiger partial charge in [0.25, 0.3) is 11.7 Å². The topological polar surface area (TPSA) is 96.8 Å². The zero-order chi connectivity index (χ0) is 24.1. The SMILES string of the molecule is CC.O=C(C(=O)N1CCCC(c2ccccc2)CC1)c1c[nH]c2c(-n3ccnn3)ncc(F)c12.[HH]. The number of hydrogen-bond acceptors (Lipinski definition) is 5. The van der Waals surface area contributed by atoms with E-state index in [1.54, 1.807) is 11.1 Å². The Morgan fingerprint density at radius 3 is 2.68 bits per heavy atom. The molecule has 1 unspecified atom stereocenters. The minimum atomic E-state index is -0.732. The molecule has 5 rings (SSSR count). The molecule has 34 heavy (non-hydrogen) atoms. The van der Waals surface area contributed by atoms with Crippen molar-refractivity contribution >= 4 is 22.6 Å². The first kappa shape index (κ1) is 23.3. The number of carbonyl (C=O) groups is 2. The fraction of sp³-hybridized carbons (Fsp3) is 0.320. The summed E-state index contributed by atoms with van der Waals surface area (Å²) in [5.74, 6) is -1.37. The number of amides is 1. The number of nitrogens with one attached hydrogen (secondary N) is 1. The number of rotatable bonds is 4. The summed E-state index contributed by atoms with van der Waals surface area (Å²) < 4.78 is 16.0. The number of H-pyrrole nitrogens is 1. The monoisotopic (exact) mass is 464 g/mol. The Morgan fingerprint density at radius 2 is 1.94 bits per heavy atom. The smallest absolute Gasteiger partial charge is 0.295 e. The third-order valence-corrected chi connectivity index (χ3v) is 6.01. The summed E-state index contributed by atoms with van der Waals surface area (Å²) in [6, 6.07) is 10.2. The molecule has 1 saturated heterocycles. The maximum absolute atomic E-state index is 14.7. The number of fused-ring (bicyclic) bond motifs is 1. The fourth-order valence-corrected chi connectivity index (χ4v) is 4.39. The van der Waals surface area contributed by atoms with Gasteiger partial charge in [-0.25, -0.2) is 14.1 Å². The number of aromatic nitrogens is 5. The molecule has 8 nitrogen and oxygen atoms in total. The van der Waals surface area contributed by atoms with Crippen molar-refractivity contribution in [2.45, 2.75) is 39.0 Å². The lowest BCUT2D eigenvalue weighted by Crippen LogP contribution is -2.37. The summed E-state index contributed by atoms with van der Waals surface area (Å²) in [5, 5.41) is 7.64. The number of aromatic amines is 1. The van der Waals surface area contributed by atoms with E-state index in [2.05, 4.69) is 32.4 Å². The highest BCUT2D eigenvalue weighted by atomic mass is 19.1. The van der Waals surface area contributed by atoms with Gasteiger partial charge < -0.3 is 9.88 Å². The first-order valence-electron chi connectivity index (χ1n) is 11.5. The second-order valence-electron chi connectivity index (χ2n) is 7.89. The average Bonchev–Trinajstić information content (AvgIpc) is 3.51. The van der Waals surface area contributed by atoms with Crippen LogP contribution < -0.4 is 0 Å². The lowest BCUT2D eigenvalue weighted by Gasteiger charge is -2.20. The van der Waals surface area contributed by atoms with Gasteiger partial charge in [-0.1, -0.05) is 49.4 Å². The summed E-state index contributed by atoms with van der Waals surface area (Å²) in [6.45, 7) is 4.99. The molecular formula is C25H29FN6O2. The third kappa shape index (κ3) is 4.46. The van der Waals surface area contributed by atoms with E-state index in [9.17, 15) is 14.0 Å². The van der Waals surface area contributed by atoms with Crippen molar-refractivity contribution in [1.29, 1.82) is 0 Å². The summed E-state index contributed by atoms with van der Waals surface area (Å²) in [5.41, 5.74) is 1.53. The van der Waals surface area contributed by atoms with E-state index < -0.39 is 17.5 Å². The van der Waals surface area contributed by atoms with Crippen molar-refractivity contribution in [3.05, 3.63) is 72.1 Å². The Balaban J connectivity index is 0.00000111. The number of carbonyl (C=O) groups excluding carboxylic acids is 2. The van der Waals surface area contributed by atoms with Gasteiger partial charge in [-0.2, -0.15) is 0 Å². The van der Waals surface area contributed by atoms with Crippen molar-refractivity contribution in [3.8, 4) is 5.82 Å². The molecule has 0 bridgehead atoms. The zero-order valence-electron chi connectivity index (χ0n) is 19.2. The molecule has 1 aliphatic rings. The zero-order valence-corrected chi connectivity index (χ0v) is 19.2. The van der Waals surface area contributed by atoms with Crippen LogP contribution in [0.25, 0.3) is 16.7 Å². The summed E-state index contributed by atoms with van der Waals surface area (Å²) >= 11 is 0. The van der Waals surface area contributed by atoms with E-state index in [0.717, 1.165) is 25.5 Å². The fourth-order valence-electron chi connectivity index (χ4n) is 4.39. The van der Waals surface area contributed by atoms with Crippen LogP contribution in [0, 0.1) is 5.82 Å². The molecule has 0 radical (unpaired) electrons. The number of nitrogens with zero attached hydrogens (tertiary/aromatic N) is 5. The Kier molecular flexibility index (Phi) is 7.10. The minimum absolute atomic E-state index is 0. The highest BCUT2D eigenvalue weighted by Gasteiger charge is 2.29. The molecule has 1 aliphatic heterocycles. The molecule has 0 aliphatic carbocycles. The van der Waals surface area contributed by atoms with Crippen LogP contribution in [0.3, 0.4) is 0 Å². The van der Waals surface area contributed by atoms with Gasteiger partial charge in [-0.15, -0.1) is 5.10 Å². The van der Waals surface area contributed by atoms with Crippen molar-refractivity contribution in [1.82, 2.24) is 29.9 Å². The number of halogens is 1. The van der Waals surface area contributed by atoms with Gasteiger partial charge in [0.15, 0.2) is 11.6 Å². The van der Waals surface area contributed by atoms with Gasteiger partial charge in [0.1, 0.15) is 0 Å². The first-order valence-corrected chi connectivity index (χ1v) is 11.5. The number of likely N-dealkylation sites (tertiary alicyclic amines) is 1. The number of hydrogen-bond donors (Lipinski definition) is 1. The molecule has 1 fully saturated rings. The molecule has 4 aromatic rings. The summed E-state index contributed by atoms with van der Waals surface area (Å²) in [6.07, 6.45) is 7.96. The second kappa shape index (κ2) is 10.4. The molecule has 0 spiro atoms. The van der Waals surface area contributed by atoms with E-state index in [1.807, 2.05) is 32.0 Å². The Labute approximate surface area is 198 Å². The van der Waals surface area contributed by atoms with E-state index in [-0.39, 0.29) is 17.9 Å². The van der Waals surface area contributed by atoms with Gasteiger partial charge in [0, 0.05) is 20.7 Å². The predicted molar refractivity (Wildman–Crippen MR) is 128 cm³/mol. The quantitative estimate of drug-likeness (QED) is 0.353. The van der Waals surface area contributed by atoms with Crippen LogP contribution in [-0.2, 0) is 4.79 Å². The van der Waals surface area contributed by atoms with Gasteiger partial charge in [-0.05, 0) is 30.7 Å². The predicted octanol–water partition coefficient (Wildman–Crippen LogP) is 4.53. The van der Waals surface area contributed by atoms with Crippen LogP contribution >= 0.6 is 0 Å². The molecule has 3 aromatic heterocycles. The number of pyridine rings is 1. The van der Waals surface area contributed by atoms with Crippen molar-refractivity contribution < 1.29 is 15.4 Å². The van der Waals surface area contributed by atoms with Crippen LogP contribution in [0.15, 0.2) is 55.1 Å². The van der Waals surface area contributed by atoms with E-state index in [4.69, 9.17) is 0 Å². The largest absolute Gasteiger partial charge is 0.357 e. The van der Waals surface area contributed by atoms with Crippen LogP contribution in [-0.4, -0.2) is 54.6 Å². The lowest BCUT2D eigenvalue weighted by molar-refractivity contribution is -0.126. The molecule has 1 atom stereocenters. The first-order chi connectivity index (χ1) is 16.6. The molecule has 0 saturated carbocycles. The van der Waals surface area contributed by atoms with Crippen LogP contribution in [0.1, 0.15) is 56.4 Å². The highest BCUT2D eigenvalue weighted by molar-refractivity contribution is 6.45. The minimum Gasteiger partial charge on any atom is -0.357 e. The summed E-state index contributed by atoms with van der Waals surface area (Å²) in [4.78, 5) is 34.7. The summed E-state index contributed by atoms with van der Waals surface area (Å²) in [7, 11) is 0. The van der Waals surface area contributed by atoms with E-state index >= 15 is 0 Å². The van der Waals surface area contributed by atoms with E-state index in [0.29, 0.717) is 24.8 Å². The number of Topliss-reactive ketones (excluding diaryl/α,β-unsaturated/α-hetero) is 1. The molecule has 4 heterocycles. The Hall–Kier alpha value is -3.88. The maximum atomic E-state index is 14.7. The van der Waals surface area contributed by atoms with E-state index in [1.165, 1.54) is 22.6 Å². The van der Waals surface area contributed by atoms with Crippen LogP contribution in [0.2, 0.25) is 0 Å². The Morgan fingerprint density at radius 1 is 1.15 bits per heavy atom. The third-order valence-electron chi connectivity index (χ3n) is 6.01. The number of benzene rings is 1. The van der Waals surface area contributed by atoms with Crippen molar-refractivity contribution in [2.75, 3.05) is 13.1 Å².